The second kappa shape index (κ2) is 33.8. The van der Waals surface area contributed by atoms with Crippen molar-refractivity contribution >= 4 is 11.9 Å². The number of nitrogens with zero attached hydrogens (tertiary/aromatic N) is 2. The highest BCUT2D eigenvalue weighted by atomic mass is 16.5. The minimum atomic E-state index is -0.0502. The number of carbonyl (C=O) groups excluding carboxylic acids is 2. The van der Waals surface area contributed by atoms with E-state index in [9.17, 15) is 9.59 Å². The average molecular weight is 675 g/mol. The van der Waals surface area contributed by atoms with Gasteiger partial charge in [-0.05, 0) is 64.5 Å². The van der Waals surface area contributed by atoms with Gasteiger partial charge in [0.1, 0.15) is 13.2 Å². The Hall–Kier alpha value is -1.66. The quantitative estimate of drug-likeness (QED) is 0.0392. The molecule has 0 aromatic heterocycles. The molecule has 1 aliphatic rings. The van der Waals surface area contributed by atoms with Gasteiger partial charge in [-0.2, -0.15) is 0 Å². The Balaban J connectivity index is 2.14. The summed E-state index contributed by atoms with van der Waals surface area (Å²) in [5.74, 6) is 0.713. The Labute approximate surface area is 297 Å². The fourth-order valence-electron chi connectivity index (χ4n) is 6.51. The largest absolute Gasteiger partial charge is 0.461 e. The van der Waals surface area contributed by atoms with Gasteiger partial charge in [0.05, 0.1) is 0 Å². The van der Waals surface area contributed by atoms with Crippen LogP contribution in [-0.2, 0) is 19.1 Å². The number of likely N-dealkylation sites (N-methyl/N-ethyl adjacent to an activating group) is 1. The third-order valence-corrected chi connectivity index (χ3v) is 9.90. The number of unbranched alkanes of at least 4 members (excludes halogenated alkanes) is 16. The molecule has 0 saturated carbocycles. The topological polar surface area (TPSA) is 59.1 Å². The van der Waals surface area contributed by atoms with Gasteiger partial charge in [0.25, 0.3) is 0 Å². The Morgan fingerprint density at radius 3 is 1.46 bits per heavy atom. The van der Waals surface area contributed by atoms with Gasteiger partial charge < -0.3 is 19.3 Å². The van der Waals surface area contributed by atoms with Crippen LogP contribution in [0.4, 0.5) is 0 Å². The summed E-state index contributed by atoms with van der Waals surface area (Å²) in [4.78, 5) is 29.2. The lowest BCUT2D eigenvalue weighted by Gasteiger charge is -2.33. The molecule has 1 aliphatic heterocycles. The maximum Gasteiger partial charge on any atom is 0.306 e. The molecule has 1 rings (SSSR count). The Bertz CT molecular complexity index is 739. The summed E-state index contributed by atoms with van der Waals surface area (Å²) in [7, 11) is 2.23. The lowest BCUT2D eigenvalue weighted by Crippen LogP contribution is -2.44. The summed E-state index contributed by atoms with van der Waals surface area (Å²) >= 11 is 0. The highest BCUT2D eigenvalue weighted by Crippen LogP contribution is 2.23. The van der Waals surface area contributed by atoms with E-state index in [1.165, 1.54) is 142 Å². The zero-order valence-electron chi connectivity index (χ0n) is 32.0. The summed E-state index contributed by atoms with van der Waals surface area (Å²) in [6.45, 7) is 11.4. The van der Waals surface area contributed by atoms with E-state index < -0.39 is 0 Å². The van der Waals surface area contributed by atoms with Gasteiger partial charge >= 0.3 is 11.9 Å². The maximum absolute atomic E-state index is 12.0. The van der Waals surface area contributed by atoms with Gasteiger partial charge in [-0.15, -0.1) is 0 Å². The molecule has 6 heteroatoms. The molecule has 280 valence electrons. The minimum absolute atomic E-state index is 0.0502. The van der Waals surface area contributed by atoms with Crippen molar-refractivity contribution in [2.75, 3.05) is 53.0 Å². The number of esters is 2. The normalized spacial score (nSPS) is 14.5. The monoisotopic (exact) mass is 675 g/mol. The molecule has 0 atom stereocenters. The second-order valence-corrected chi connectivity index (χ2v) is 14.4. The lowest BCUT2D eigenvalue weighted by molar-refractivity contribution is -0.143. The predicted molar refractivity (Wildman–Crippen MR) is 204 cm³/mol. The molecule has 6 nitrogen and oxygen atoms in total. The van der Waals surface area contributed by atoms with Crippen molar-refractivity contribution < 1.29 is 19.1 Å². The van der Waals surface area contributed by atoms with E-state index in [2.05, 4.69) is 42.8 Å². The fraction of sp³-hybridized carbons (Fsp3) is 0.857. The number of rotatable bonds is 33. The summed E-state index contributed by atoms with van der Waals surface area (Å²) in [5, 5.41) is 0. The highest BCUT2D eigenvalue weighted by Gasteiger charge is 2.16. The van der Waals surface area contributed by atoms with Crippen molar-refractivity contribution in [2.45, 2.75) is 174 Å². The summed E-state index contributed by atoms with van der Waals surface area (Å²) in [6.07, 6.45) is 37.5. The molecule has 0 aromatic rings. The van der Waals surface area contributed by atoms with Crippen LogP contribution >= 0.6 is 0 Å². The standard InChI is InChI=1S/C42H78N2O4/c1-4-6-8-10-12-20-26-38-47-41(45)30-24-18-14-16-22-28-40(32-33-44-36-34-43(3)35-37-44)29-23-17-15-19-25-31-42(46)48-39-27-21-13-11-9-7-5-2/h20-21,26-27,40H,4-19,22-25,28-39H2,1-3H3/b26-20+,27-21+. The molecule has 0 spiro atoms. The molecule has 0 bridgehead atoms. The fourth-order valence-corrected chi connectivity index (χ4v) is 6.51. The second-order valence-electron chi connectivity index (χ2n) is 14.4. The molecule has 0 aromatic carbocycles. The van der Waals surface area contributed by atoms with Crippen molar-refractivity contribution in [3.8, 4) is 0 Å². The molecule has 48 heavy (non-hydrogen) atoms. The zero-order valence-corrected chi connectivity index (χ0v) is 32.0. The zero-order chi connectivity index (χ0) is 34.8. The molecule has 0 unspecified atom stereocenters. The lowest BCUT2D eigenvalue weighted by atomic mass is 9.91. The van der Waals surface area contributed by atoms with E-state index in [-0.39, 0.29) is 11.9 Å². The highest BCUT2D eigenvalue weighted by molar-refractivity contribution is 5.69. The van der Waals surface area contributed by atoms with Crippen molar-refractivity contribution in [2.24, 2.45) is 5.92 Å². The van der Waals surface area contributed by atoms with Crippen molar-refractivity contribution in [1.29, 1.82) is 0 Å². The SMILES string of the molecule is CCCCCC/C=C/COC(=O)CCCCCCCC(CCCCCCCC(=O)OC/C=C/CCCCCC)CCN1CCN(C)CC1. The Morgan fingerprint density at radius 2 is 0.979 bits per heavy atom. The summed E-state index contributed by atoms with van der Waals surface area (Å²) < 4.78 is 10.7. The van der Waals surface area contributed by atoms with Gasteiger partial charge in [0.2, 0.25) is 0 Å². The molecular formula is C42H78N2O4. The summed E-state index contributed by atoms with van der Waals surface area (Å²) in [6, 6.07) is 0. The van der Waals surface area contributed by atoms with Crippen molar-refractivity contribution in [3.63, 3.8) is 0 Å². The predicted octanol–water partition coefficient (Wildman–Crippen LogP) is 10.8. The number of piperazine rings is 1. The van der Waals surface area contributed by atoms with E-state index >= 15 is 0 Å². The van der Waals surface area contributed by atoms with Gasteiger partial charge in [-0.1, -0.05) is 141 Å². The van der Waals surface area contributed by atoms with Crippen LogP contribution in [0.5, 0.6) is 0 Å². The van der Waals surface area contributed by atoms with Crippen LogP contribution in [0, 0.1) is 5.92 Å². The third kappa shape index (κ3) is 29.3. The van der Waals surface area contributed by atoms with Crippen LogP contribution in [0.25, 0.3) is 0 Å². The van der Waals surface area contributed by atoms with Crippen molar-refractivity contribution in [3.05, 3.63) is 24.3 Å². The van der Waals surface area contributed by atoms with Gasteiger partial charge in [-0.25, -0.2) is 0 Å². The molecule has 0 amide bonds. The number of ether oxygens (including phenoxy) is 2. The number of hydrogen-bond acceptors (Lipinski definition) is 6. The first-order chi connectivity index (χ1) is 23.5. The van der Waals surface area contributed by atoms with E-state index in [4.69, 9.17) is 9.47 Å². The third-order valence-electron chi connectivity index (χ3n) is 9.90. The summed E-state index contributed by atoms with van der Waals surface area (Å²) in [5.41, 5.74) is 0. The first-order valence-corrected chi connectivity index (χ1v) is 20.6. The minimum Gasteiger partial charge on any atom is -0.461 e. The Morgan fingerprint density at radius 1 is 0.542 bits per heavy atom. The van der Waals surface area contributed by atoms with E-state index in [1.807, 2.05) is 12.2 Å². The number of allylic oxidation sites excluding steroid dienone is 2. The number of hydrogen-bond donors (Lipinski definition) is 0. The smallest absolute Gasteiger partial charge is 0.306 e. The van der Waals surface area contributed by atoms with E-state index in [1.54, 1.807) is 0 Å². The maximum atomic E-state index is 12.0. The molecule has 0 aliphatic carbocycles. The Kier molecular flexibility index (Phi) is 31.3. The van der Waals surface area contributed by atoms with E-state index in [0.717, 1.165) is 44.4 Å². The van der Waals surface area contributed by atoms with Crippen molar-refractivity contribution in [1.82, 2.24) is 9.80 Å². The molecular weight excluding hydrogens is 596 g/mol. The molecule has 0 N–H and O–H groups in total. The van der Waals surface area contributed by atoms with E-state index in [0.29, 0.717) is 26.1 Å². The molecule has 1 fully saturated rings. The average Bonchev–Trinajstić information content (AvgIpc) is 3.08. The first-order valence-electron chi connectivity index (χ1n) is 20.6. The van der Waals surface area contributed by atoms with Gasteiger partial charge in [0, 0.05) is 39.0 Å². The van der Waals surface area contributed by atoms with Gasteiger partial charge in [-0.3, -0.25) is 9.59 Å². The van der Waals surface area contributed by atoms with Crippen LogP contribution in [0.3, 0.4) is 0 Å². The van der Waals surface area contributed by atoms with Crippen LogP contribution < -0.4 is 0 Å². The van der Waals surface area contributed by atoms with Gasteiger partial charge in [0.15, 0.2) is 0 Å². The number of carbonyl (C=O) groups is 2. The molecule has 1 heterocycles. The van der Waals surface area contributed by atoms with Crippen LogP contribution in [0.2, 0.25) is 0 Å². The molecule has 1 saturated heterocycles. The van der Waals surface area contributed by atoms with Crippen LogP contribution in [0.1, 0.15) is 174 Å². The van der Waals surface area contributed by atoms with Crippen LogP contribution in [0.15, 0.2) is 24.3 Å². The van der Waals surface area contributed by atoms with Crippen LogP contribution in [-0.4, -0.2) is 74.7 Å². The molecule has 0 radical (unpaired) electrons. The first kappa shape index (κ1) is 44.4.